The van der Waals surface area contributed by atoms with Crippen molar-refractivity contribution in [2.24, 2.45) is 0 Å². The molecule has 5 aromatic carbocycles. The van der Waals surface area contributed by atoms with Crippen LogP contribution in [0.5, 0.6) is 0 Å². The number of thiophene rings is 2. The molecule has 0 aliphatic rings. The number of hydrogen-bond donors (Lipinski definition) is 0. The standard InChI is InChI=1S/C16H12S.C12H8N2O.C10H6N2S2/c1-3-7-13(8-4-1)15-11-12-16(17-15)14-9-5-2-6-10-14;1-2-5-9(6-3-1)10-7-4-8-11-12(10)14-15-13-11;1-3-7(9-5-2-6-13-9)10-8(4-1)11-14-12-10/h1-12H;1-8H;1-6H. The van der Waals surface area contributed by atoms with Gasteiger partial charge in [0.1, 0.15) is 22.1 Å². The first-order chi connectivity index (χ1) is 22.8. The molecule has 4 heterocycles. The Bertz CT molecular complexity index is 2210. The number of fused-ring (bicyclic) bond motifs is 2. The van der Waals surface area contributed by atoms with Gasteiger partial charge < -0.3 is 0 Å². The van der Waals surface area contributed by atoms with Crippen molar-refractivity contribution in [2.45, 2.75) is 0 Å². The summed E-state index contributed by atoms with van der Waals surface area (Å²) in [5.74, 6) is 0. The van der Waals surface area contributed by atoms with Gasteiger partial charge in [0.05, 0.1) is 11.7 Å². The molecule has 0 N–H and O–H groups in total. The molecule has 0 atom stereocenters. The molecule has 0 aliphatic heterocycles. The quantitative estimate of drug-likeness (QED) is 0.190. The minimum absolute atomic E-state index is 0.788. The molecule has 0 radical (unpaired) electrons. The molecule has 0 saturated carbocycles. The fourth-order valence-corrected chi connectivity index (χ4v) is 7.27. The maximum Gasteiger partial charge on any atom is 0.143 e. The molecule has 0 saturated heterocycles. The highest BCUT2D eigenvalue weighted by molar-refractivity contribution is 7.18. The lowest BCUT2D eigenvalue weighted by Gasteiger charge is -1.99. The third-order valence-electron chi connectivity index (χ3n) is 7.17. The van der Waals surface area contributed by atoms with Gasteiger partial charge in [-0.15, -0.1) is 22.7 Å². The zero-order valence-corrected chi connectivity index (χ0v) is 26.9. The lowest BCUT2D eigenvalue weighted by Crippen LogP contribution is -1.79. The van der Waals surface area contributed by atoms with E-state index in [4.69, 9.17) is 4.63 Å². The zero-order chi connectivity index (χ0) is 31.0. The Morgan fingerprint density at radius 1 is 0.413 bits per heavy atom. The van der Waals surface area contributed by atoms with Gasteiger partial charge in [-0.3, -0.25) is 0 Å². The summed E-state index contributed by atoms with van der Waals surface area (Å²) in [4.78, 5) is 3.90. The van der Waals surface area contributed by atoms with E-state index in [2.05, 4.69) is 115 Å². The molecule has 0 fully saturated rings. The normalized spacial score (nSPS) is 10.6. The zero-order valence-electron chi connectivity index (χ0n) is 24.4. The average molecular weight is 651 g/mol. The smallest absolute Gasteiger partial charge is 0.143 e. The molecule has 0 amide bonds. The van der Waals surface area contributed by atoms with E-state index in [1.54, 1.807) is 11.3 Å². The second kappa shape index (κ2) is 14.2. The van der Waals surface area contributed by atoms with E-state index in [-0.39, 0.29) is 0 Å². The van der Waals surface area contributed by atoms with E-state index in [1.807, 2.05) is 72.0 Å². The van der Waals surface area contributed by atoms with Crippen LogP contribution < -0.4 is 0 Å². The summed E-state index contributed by atoms with van der Waals surface area (Å²) in [5.41, 5.74) is 9.54. The van der Waals surface area contributed by atoms with E-state index in [0.29, 0.717) is 0 Å². The Morgan fingerprint density at radius 3 is 1.65 bits per heavy atom. The number of aromatic nitrogens is 4. The maximum absolute atomic E-state index is 4.73. The van der Waals surface area contributed by atoms with Crippen molar-refractivity contribution in [3.63, 3.8) is 0 Å². The summed E-state index contributed by atoms with van der Waals surface area (Å²) in [5, 5.41) is 9.81. The Labute approximate surface area is 278 Å². The van der Waals surface area contributed by atoms with Crippen LogP contribution in [0.1, 0.15) is 0 Å². The third-order valence-corrected chi connectivity index (χ3v) is 9.80. The highest BCUT2D eigenvalue weighted by Gasteiger charge is 2.08. The highest BCUT2D eigenvalue weighted by atomic mass is 32.1. The van der Waals surface area contributed by atoms with Crippen LogP contribution in [-0.4, -0.2) is 19.1 Å². The molecule has 0 aliphatic carbocycles. The second-order valence-corrected chi connectivity index (χ2v) is 12.7. The van der Waals surface area contributed by atoms with Gasteiger partial charge >= 0.3 is 0 Å². The average Bonchev–Trinajstić information content (AvgIpc) is 3.97. The van der Waals surface area contributed by atoms with E-state index < -0.39 is 0 Å². The summed E-state index contributed by atoms with van der Waals surface area (Å²) in [6.07, 6.45) is 0. The molecule has 0 unspecified atom stereocenters. The van der Waals surface area contributed by atoms with Crippen LogP contribution in [0.2, 0.25) is 0 Å². The molecule has 0 spiro atoms. The first kappa shape index (κ1) is 29.4. The summed E-state index contributed by atoms with van der Waals surface area (Å²) < 4.78 is 13.3. The molecular formula is C38H26N4OS3. The third kappa shape index (κ3) is 6.69. The summed E-state index contributed by atoms with van der Waals surface area (Å²) >= 11 is 4.84. The van der Waals surface area contributed by atoms with E-state index in [1.165, 1.54) is 43.0 Å². The summed E-state index contributed by atoms with van der Waals surface area (Å²) in [7, 11) is 0. The van der Waals surface area contributed by atoms with Crippen molar-refractivity contribution in [2.75, 3.05) is 0 Å². The van der Waals surface area contributed by atoms with E-state index in [9.17, 15) is 0 Å². The molecule has 4 aromatic heterocycles. The fraction of sp³-hybridized carbons (Fsp3) is 0. The molecule has 5 nitrogen and oxygen atoms in total. The predicted molar refractivity (Wildman–Crippen MR) is 193 cm³/mol. The second-order valence-electron chi connectivity index (χ2n) is 10.1. The van der Waals surface area contributed by atoms with Gasteiger partial charge in [0.2, 0.25) is 0 Å². The number of benzene rings is 5. The molecule has 46 heavy (non-hydrogen) atoms. The monoisotopic (exact) mass is 650 g/mol. The minimum atomic E-state index is 0.788. The van der Waals surface area contributed by atoms with Gasteiger partial charge in [0.15, 0.2) is 0 Å². The van der Waals surface area contributed by atoms with Gasteiger partial charge in [-0.25, -0.2) is 4.63 Å². The topological polar surface area (TPSA) is 64.7 Å². The van der Waals surface area contributed by atoms with Crippen LogP contribution in [0.25, 0.3) is 64.5 Å². The van der Waals surface area contributed by atoms with Crippen molar-refractivity contribution in [1.82, 2.24) is 19.1 Å². The van der Waals surface area contributed by atoms with Crippen molar-refractivity contribution in [3.05, 3.63) is 157 Å². The number of hydrogen-bond acceptors (Lipinski definition) is 8. The van der Waals surface area contributed by atoms with Gasteiger partial charge in [-0.05, 0) is 62.7 Å². The van der Waals surface area contributed by atoms with Crippen LogP contribution >= 0.6 is 34.4 Å². The molecule has 8 heteroatoms. The van der Waals surface area contributed by atoms with Gasteiger partial charge in [0.25, 0.3) is 0 Å². The Hall–Kier alpha value is -5.28. The van der Waals surface area contributed by atoms with Crippen molar-refractivity contribution < 1.29 is 4.63 Å². The van der Waals surface area contributed by atoms with E-state index in [0.717, 1.165) is 33.2 Å². The van der Waals surface area contributed by atoms with Gasteiger partial charge in [-0.2, -0.15) is 8.75 Å². The largest absolute Gasteiger partial charge is 0.243 e. The van der Waals surface area contributed by atoms with Crippen LogP contribution in [0.15, 0.2) is 162 Å². The number of rotatable bonds is 4. The molecule has 9 rings (SSSR count). The highest BCUT2D eigenvalue weighted by Crippen LogP contribution is 2.34. The first-order valence-corrected chi connectivity index (χ1v) is 17.0. The SMILES string of the molecule is c1ccc(-c2ccc(-c3ccccc3)s2)cc1.c1ccc(-c2cccc3nonc23)cc1.c1csc(-c2cccc3nsnc23)c1. The predicted octanol–water partition coefficient (Wildman–Crippen LogP) is 11.4. The molecule has 222 valence electrons. The Balaban J connectivity index is 0.000000111. The molecule has 0 bridgehead atoms. The lowest BCUT2D eigenvalue weighted by molar-refractivity contribution is 0.315. The van der Waals surface area contributed by atoms with E-state index >= 15 is 0 Å². The molecule has 9 aromatic rings. The maximum atomic E-state index is 4.73. The fourth-order valence-electron chi connectivity index (χ4n) is 4.95. The minimum Gasteiger partial charge on any atom is -0.243 e. The van der Waals surface area contributed by atoms with Crippen LogP contribution in [0.3, 0.4) is 0 Å². The first-order valence-electron chi connectivity index (χ1n) is 14.6. The van der Waals surface area contributed by atoms with Crippen LogP contribution in [0, 0.1) is 0 Å². The molecular weight excluding hydrogens is 625 g/mol. The van der Waals surface area contributed by atoms with Gasteiger partial charge in [0, 0.05) is 25.8 Å². The summed E-state index contributed by atoms with van der Waals surface area (Å²) in [6.45, 7) is 0. The van der Waals surface area contributed by atoms with Gasteiger partial charge in [-0.1, -0.05) is 121 Å². The van der Waals surface area contributed by atoms with Crippen molar-refractivity contribution in [3.8, 4) is 42.4 Å². The van der Waals surface area contributed by atoms with Crippen molar-refractivity contribution in [1.29, 1.82) is 0 Å². The lowest BCUT2D eigenvalue weighted by atomic mass is 10.0. The van der Waals surface area contributed by atoms with Crippen LogP contribution in [0.4, 0.5) is 0 Å². The Morgan fingerprint density at radius 2 is 1.02 bits per heavy atom. The van der Waals surface area contributed by atoms with Crippen molar-refractivity contribution >= 4 is 56.5 Å². The van der Waals surface area contributed by atoms with Crippen LogP contribution in [-0.2, 0) is 0 Å². The summed E-state index contributed by atoms with van der Waals surface area (Å²) in [6, 6.07) is 51.7. The Kier molecular flexibility index (Phi) is 9.10. The number of nitrogens with zero attached hydrogens (tertiary/aromatic N) is 4.